The first-order valence-corrected chi connectivity index (χ1v) is 9.22. The lowest BCUT2D eigenvalue weighted by Crippen LogP contribution is -2.41. The molecule has 2 aromatic carbocycles. The Hall–Kier alpha value is -3.19. The number of rotatable bonds is 5. The first kappa shape index (κ1) is 18.2. The minimum Gasteiger partial charge on any atom is -0.442 e. The zero-order valence-electron chi connectivity index (χ0n) is 15.4. The molecule has 7 heteroatoms. The molecule has 0 saturated carbocycles. The number of morpholine rings is 1. The summed E-state index contributed by atoms with van der Waals surface area (Å²) in [6.45, 7) is 2.02. The van der Waals surface area contributed by atoms with Crippen molar-refractivity contribution in [2.24, 2.45) is 4.99 Å². The van der Waals surface area contributed by atoms with Crippen LogP contribution in [0.3, 0.4) is 0 Å². The minimum atomic E-state index is -0.380. The van der Waals surface area contributed by atoms with E-state index in [2.05, 4.69) is 4.99 Å². The fourth-order valence-corrected chi connectivity index (χ4v) is 3.25. The molecule has 2 fully saturated rings. The van der Waals surface area contributed by atoms with Crippen LogP contribution in [0.4, 0.5) is 16.2 Å². The fraction of sp³-hybridized carbons (Fsp3) is 0.286. The maximum atomic E-state index is 12.2. The number of ether oxygens (including phenoxy) is 2. The molecule has 0 spiro atoms. The molecular weight excluding hydrogens is 358 g/mol. The van der Waals surface area contributed by atoms with Gasteiger partial charge in [-0.1, -0.05) is 30.3 Å². The van der Waals surface area contributed by atoms with E-state index >= 15 is 0 Å². The number of amides is 2. The van der Waals surface area contributed by atoms with Crippen molar-refractivity contribution in [1.82, 2.24) is 0 Å². The summed E-state index contributed by atoms with van der Waals surface area (Å²) in [6.07, 6.45) is 1.12. The zero-order valence-corrected chi connectivity index (χ0v) is 15.4. The van der Waals surface area contributed by atoms with Gasteiger partial charge >= 0.3 is 6.09 Å². The van der Waals surface area contributed by atoms with Crippen molar-refractivity contribution in [3.8, 4) is 0 Å². The Balaban J connectivity index is 1.37. The van der Waals surface area contributed by atoms with Crippen molar-refractivity contribution in [1.29, 1.82) is 0 Å². The Morgan fingerprint density at radius 1 is 1.00 bits per heavy atom. The van der Waals surface area contributed by atoms with Gasteiger partial charge in [-0.3, -0.25) is 14.7 Å². The highest BCUT2D eigenvalue weighted by molar-refractivity contribution is 5.95. The van der Waals surface area contributed by atoms with Gasteiger partial charge in [0.05, 0.1) is 19.7 Å². The summed E-state index contributed by atoms with van der Waals surface area (Å²) in [4.78, 5) is 31.8. The van der Waals surface area contributed by atoms with E-state index < -0.39 is 0 Å². The highest BCUT2D eigenvalue weighted by Crippen LogP contribution is 2.25. The van der Waals surface area contributed by atoms with Gasteiger partial charge in [0.15, 0.2) is 0 Å². The summed E-state index contributed by atoms with van der Waals surface area (Å²) in [5, 5.41) is 0. The van der Waals surface area contributed by atoms with Crippen LogP contribution >= 0.6 is 0 Å². The van der Waals surface area contributed by atoms with Gasteiger partial charge in [0.1, 0.15) is 12.7 Å². The van der Waals surface area contributed by atoms with Crippen LogP contribution in [-0.2, 0) is 14.3 Å². The van der Waals surface area contributed by atoms with Gasteiger partial charge in [0.2, 0.25) is 0 Å². The predicted octanol–water partition coefficient (Wildman–Crippen LogP) is 2.49. The van der Waals surface area contributed by atoms with Gasteiger partial charge in [-0.15, -0.1) is 0 Å². The molecule has 144 valence electrons. The van der Waals surface area contributed by atoms with Crippen LogP contribution in [0.25, 0.3) is 0 Å². The largest absolute Gasteiger partial charge is 0.442 e. The van der Waals surface area contributed by atoms with Gasteiger partial charge in [-0.25, -0.2) is 4.79 Å². The van der Waals surface area contributed by atoms with E-state index in [4.69, 9.17) is 9.47 Å². The van der Waals surface area contributed by atoms with Crippen molar-refractivity contribution in [2.45, 2.75) is 6.10 Å². The predicted molar refractivity (Wildman–Crippen MR) is 106 cm³/mol. The third-order valence-corrected chi connectivity index (χ3v) is 4.68. The monoisotopic (exact) mass is 379 g/mol. The number of hydrogen-bond acceptors (Lipinski definition) is 5. The van der Waals surface area contributed by atoms with Crippen molar-refractivity contribution >= 4 is 29.6 Å². The summed E-state index contributed by atoms with van der Waals surface area (Å²) >= 11 is 0. The van der Waals surface area contributed by atoms with Crippen molar-refractivity contribution in [3.05, 3.63) is 60.2 Å². The van der Waals surface area contributed by atoms with Gasteiger partial charge in [-0.2, -0.15) is 0 Å². The van der Waals surface area contributed by atoms with Crippen molar-refractivity contribution in [2.75, 3.05) is 42.6 Å². The molecule has 1 atom stereocenters. The molecule has 0 N–H and O–H groups in total. The Bertz CT molecular complexity index is 867. The van der Waals surface area contributed by atoms with Crippen LogP contribution in [0.1, 0.15) is 5.56 Å². The number of cyclic esters (lactones) is 1. The van der Waals surface area contributed by atoms with E-state index in [1.165, 1.54) is 0 Å². The summed E-state index contributed by atoms with van der Waals surface area (Å²) in [5.41, 5.74) is 2.55. The fourth-order valence-electron chi connectivity index (χ4n) is 3.25. The summed E-state index contributed by atoms with van der Waals surface area (Å²) in [6, 6.07) is 17.1. The van der Waals surface area contributed by atoms with Crippen molar-refractivity contribution in [3.63, 3.8) is 0 Å². The Morgan fingerprint density at radius 3 is 2.43 bits per heavy atom. The van der Waals surface area contributed by atoms with Crippen LogP contribution in [0.2, 0.25) is 0 Å². The van der Waals surface area contributed by atoms with Gasteiger partial charge in [-0.05, 0) is 29.8 Å². The maximum absolute atomic E-state index is 12.2. The zero-order chi connectivity index (χ0) is 19.3. The van der Waals surface area contributed by atoms with Crippen molar-refractivity contribution < 1.29 is 19.1 Å². The van der Waals surface area contributed by atoms with E-state index in [-0.39, 0.29) is 24.7 Å². The molecule has 2 aromatic rings. The quantitative estimate of drug-likeness (QED) is 0.749. The summed E-state index contributed by atoms with van der Waals surface area (Å²) in [5.74, 6) is -0.0593. The molecule has 2 amide bonds. The lowest BCUT2D eigenvalue weighted by molar-refractivity contribution is -0.125. The smallest absolute Gasteiger partial charge is 0.414 e. The van der Waals surface area contributed by atoms with Crippen LogP contribution in [0.5, 0.6) is 0 Å². The molecule has 0 bridgehead atoms. The maximum Gasteiger partial charge on any atom is 0.414 e. The van der Waals surface area contributed by atoms with E-state index in [1.54, 1.807) is 16.0 Å². The third-order valence-electron chi connectivity index (χ3n) is 4.68. The molecule has 0 unspecified atom stereocenters. The highest BCUT2D eigenvalue weighted by atomic mass is 16.6. The van der Waals surface area contributed by atoms with Crippen LogP contribution in [-0.4, -0.2) is 57.2 Å². The Labute approximate surface area is 163 Å². The van der Waals surface area contributed by atoms with E-state index in [0.717, 1.165) is 16.9 Å². The second-order valence-corrected chi connectivity index (χ2v) is 6.64. The molecule has 2 saturated heterocycles. The summed E-state index contributed by atoms with van der Waals surface area (Å²) in [7, 11) is 0. The van der Waals surface area contributed by atoms with Crippen LogP contribution in [0, 0.1) is 0 Å². The number of hydrogen-bond donors (Lipinski definition) is 0. The molecule has 0 aromatic heterocycles. The first-order chi connectivity index (χ1) is 13.7. The standard InChI is InChI=1S/C21H21N3O4/c25-20-15-27-11-10-23(20)17-6-8-18(9-7-17)24-14-19(28-21(24)26)13-22-12-16-4-2-1-3-5-16/h1-9,12,19H,10-11,13-15H2/b22-12+/t19-/m0/s1. The Kier molecular flexibility index (Phi) is 5.34. The second kappa shape index (κ2) is 8.22. The normalized spacial score (nSPS) is 20.1. The molecule has 0 radical (unpaired) electrons. The van der Waals surface area contributed by atoms with Gasteiger partial charge < -0.3 is 14.4 Å². The number of aliphatic imine (C=N–C) groups is 1. The number of carbonyl (C=O) groups is 2. The number of carbonyl (C=O) groups excluding carboxylic acids is 2. The van der Waals surface area contributed by atoms with Gasteiger partial charge in [0, 0.05) is 24.1 Å². The Morgan fingerprint density at radius 2 is 1.71 bits per heavy atom. The summed E-state index contributed by atoms with van der Waals surface area (Å²) < 4.78 is 10.6. The SMILES string of the molecule is O=C1COCCN1c1ccc(N2C[C@H](C/N=C/c3ccccc3)OC2=O)cc1. The van der Waals surface area contributed by atoms with Gasteiger partial charge in [0.25, 0.3) is 5.91 Å². The average molecular weight is 379 g/mol. The lowest BCUT2D eigenvalue weighted by atomic mass is 10.2. The molecule has 4 rings (SSSR count). The average Bonchev–Trinajstić information content (AvgIpc) is 3.10. The number of nitrogens with zero attached hydrogens (tertiary/aromatic N) is 3. The van der Waals surface area contributed by atoms with E-state index in [1.807, 2.05) is 54.6 Å². The van der Waals surface area contributed by atoms with E-state index in [9.17, 15) is 9.59 Å². The molecule has 7 nitrogen and oxygen atoms in total. The molecule has 2 heterocycles. The molecule has 2 aliphatic rings. The highest BCUT2D eigenvalue weighted by Gasteiger charge is 2.32. The number of anilines is 2. The topological polar surface area (TPSA) is 71.4 Å². The van der Waals surface area contributed by atoms with Crippen LogP contribution in [0.15, 0.2) is 59.6 Å². The molecular formula is C21H21N3O4. The van der Waals surface area contributed by atoms with Crippen LogP contribution < -0.4 is 9.80 Å². The molecule has 28 heavy (non-hydrogen) atoms. The molecule has 2 aliphatic heterocycles. The third kappa shape index (κ3) is 4.04. The number of benzene rings is 2. The molecule has 0 aliphatic carbocycles. The second-order valence-electron chi connectivity index (χ2n) is 6.64. The van der Waals surface area contributed by atoms with E-state index in [0.29, 0.717) is 26.2 Å². The first-order valence-electron chi connectivity index (χ1n) is 9.22. The minimum absolute atomic E-state index is 0.0593. The lowest BCUT2D eigenvalue weighted by Gasteiger charge is -2.27.